The summed E-state index contributed by atoms with van der Waals surface area (Å²) in [6, 6.07) is 1.91. The summed E-state index contributed by atoms with van der Waals surface area (Å²) in [6.45, 7) is 9.22. The molecule has 0 unspecified atom stereocenters. The fraction of sp³-hybridized carbons (Fsp3) is 0.720. The van der Waals surface area contributed by atoms with E-state index in [1.165, 1.54) is 0 Å². The molecule has 1 aliphatic carbocycles. The largest absolute Gasteiger partial charge is 0.481 e. The predicted molar refractivity (Wildman–Crippen MR) is 124 cm³/mol. The van der Waals surface area contributed by atoms with Crippen molar-refractivity contribution in [1.29, 1.82) is 0 Å². The molecule has 9 heteroatoms. The number of rotatable bonds is 5. The van der Waals surface area contributed by atoms with E-state index in [9.17, 15) is 23.1 Å². The lowest BCUT2D eigenvalue weighted by Crippen LogP contribution is -2.48. The fourth-order valence-corrected chi connectivity index (χ4v) is 5.96. The number of hydrogen-bond acceptors (Lipinski definition) is 4. The zero-order valence-electron chi connectivity index (χ0n) is 20.5. The first-order valence-electron chi connectivity index (χ1n) is 12.4. The van der Waals surface area contributed by atoms with Gasteiger partial charge in [0, 0.05) is 36.3 Å². The van der Waals surface area contributed by atoms with Gasteiger partial charge >= 0.3 is 12.1 Å². The summed E-state index contributed by atoms with van der Waals surface area (Å²) >= 11 is 0. The summed E-state index contributed by atoms with van der Waals surface area (Å²) in [7, 11) is 0. The lowest BCUT2D eigenvalue weighted by atomic mass is 9.77. The average molecular weight is 481 g/mol. The second-order valence-electron chi connectivity index (χ2n) is 10.5. The van der Waals surface area contributed by atoms with Gasteiger partial charge in [0.2, 0.25) is 0 Å². The quantitative estimate of drug-likeness (QED) is 0.562. The number of carbonyl (C=O) groups is 1. The Hall–Kier alpha value is -2.32. The van der Waals surface area contributed by atoms with E-state index < -0.39 is 23.5 Å². The minimum Gasteiger partial charge on any atom is -0.481 e. The third-order valence-electron chi connectivity index (χ3n) is 8.02. The van der Waals surface area contributed by atoms with Crippen molar-refractivity contribution in [3.8, 4) is 0 Å². The molecule has 1 aliphatic heterocycles. The zero-order valence-corrected chi connectivity index (χ0v) is 20.5. The van der Waals surface area contributed by atoms with Crippen molar-refractivity contribution in [3.05, 3.63) is 23.0 Å². The van der Waals surface area contributed by atoms with E-state index in [1.807, 2.05) is 24.4 Å². The van der Waals surface area contributed by atoms with Crippen molar-refractivity contribution < 1.29 is 23.1 Å². The van der Waals surface area contributed by atoms with E-state index >= 15 is 0 Å². The molecule has 1 atom stereocenters. The van der Waals surface area contributed by atoms with Gasteiger partial charge in [-0.3, -0.25) is 4.79 Å². The molecule has 2 aliphatic rings. The van der Waals surface area contributed by atoms with E-state index in [0.717, 1.165) is 35.7 Å². The Labute approximate surface area is 198 Å². The molecule has 0 bridgehead atoms. The summed E-state index contributed by atoms with van der Waals surface area (Å²) in [5, 5.41) is 14.9. The van der Waals surface area contributed by atoms with E-state index in [4.69, 9.17) is 10.1 Å². The molecule has 1 saturated heterocycles. The highest BCUT2D eigenvalue weighted by Gasteiger charge is 2.43. The highest BCUT2D eigenvalue weighted by Crippen LogP contribution is 2.44. The van der Waals surface area contributed by atoms with Gasteiger partial charge in [0.1, 0.15) is 5.82 Å². The molecule has 0 aromatic carbocycles. The van der Waals surface area contributed by atoms with Gasteiger partial charge in [-0.05, 0) is 57.8 Å². The number of fused-ring (bicyclic) bond motifs is 1. The van der Waals surface area contributed by atoms with Gasteiger partial charge in [-0.25, -0.2) is 4.98 Å². The smallest absolute Gasteiger partial charge is 0.391 e. The van der Waals surface area contributed by atoms with Crippen LogP contribution in [0.4, 0.5) is 19.0 Å². The molecule has 0 radical (unpaired) electrons. The first kappa shape index (κ1) is 24.8. The monoisotopic (exact) mass is 480 g/mol. The van der Waals surface area contributed by atoms with Crippen LogP contribution in [0.5, 0.6) is 0 Å². The van der Waals surface area contributed by atoms with E-state index in [0.29, 0.717) is 37.9 Å². The van der Waals surface area contributed by atoms with Gasteiger partial charge in [-0.15, -0.1) is 0 Å². The molecule has 2 fully saturated rings. The van der Waals surface area contributed by atoms with Crippen LogP contribution in [0.1, 0.15) is 94.5 Å². The second kappa shape index (κ2) is 9.04. The molecule has 0 spiro atoms. The molecular weight excluding hydrogens is 445 g/mol. The number of aromatic nitrogens is 3. The first-order valence-corrected chi connectivity index (χ1v) is 12.4. The zero-order chi connectivity index (χ0) is 24.8. The maximum absolute atomic E-state index is 13.1. The fourth-order valence-electron chi connectivity index (χ4n) is 5.96. The van der Waals surface area contributed by atoms with Gasteiger partial charge in [-0.1, -0.05) is 20.8 Å². The minimum absolute atomic E-state index is 0.0222. The van der Waals surface area contributed by atoms with Crippen LogP contribution in [0, 0.1) is 18.3 Å². The van der Waals surface area contributed by atoms with Crippen LogP contribution in [0.2, 0.25) is 0 Å². The molecule has 4 rings (SSSR count). The van der Waals surface area contributed by atoms with Crippen molar-refractivity contribution in [1.82, 2.24) is 14.6 Å². The van der Waals surface area contributed by atoms with Crippen molar-refractivity contribution in [2.24, 2.45) is 11.3 Å². The molecule has 2 aromatic heterocycles. The van der Waals surface area contributed by atoms with E-state index in [1.54, 1.807) is 0 Å². The van der Waals surface area contributed by atoms with E-state index in [2.05, 4.69) is 18.7 Å². The summed E-state index contributed by atoms with van der Waals surface area (Å²) in [6.07, 6.45) is -0.989. The average Bonchev–Trinajstić information content (AvgIpc) is 3.20. The van der Waals surface area contributed by atoms with Crippen molar-refractivity contribution >= 4 is 17.4 Å². The molecule has 188 valence electrons. The number of aliphatic carboxylic acids is 1. The number of halogens is 3. The van der Waals surface area contributed by atoms with Crippen LogP contribution in [-0.2, 0) is 4.79 Å². The SMILES string of the molecule is CC[C@@]1(C(=O)O)CCCN(c2c(C(C)C)c(C)nc3cc(C4CCC(C(F)(F)F)CC4)nn23)C1. The molecule has 34 heavy (non-hydrogen) atoms. The Bertz CT molecular complexity index is 1060. The number of hydrogen-bond donors (Lipinski definition) is 1. The maximum atomic E-state index is 13.1. The molecule has 3 heterocycles. The van der Waals surface area contributed by atoms with Crippen molar-refractivity contribution in [3.63, 3.8) is 0 Å². The van der Waals surface area contributed by atoms with Crippen LogP contribution in [-0.4, -0.2) is 44.9 Å². The predicted octanol–water partition coefficient (Wildman–Crippen LogP) is 6.08. The van der Waals surface area contributed by atoms with Gasteiger partial charge in [0.05, 0.1) is 17.0 Å². The van der Waals surface area contributed by atoms with Crippen LogP contribution < -0.4 is 4.90 Å². The first-order chi connectivity index (χ1) is 16.0. The Morgan fingerprint density at radius 1 is 1.26 bits per heavy atom. The Morgan fingerprint density at radius 2 is 1.94 bits per heavy atom. The third-order valence-corrected chi connectivity index (χ3v) is 8.02. The van der Waals surface area contributed by atoms with Gasteiger partial charge < -0.3 is 10.0 Å². The lowest BCUT2D eigenvalue weighted by Gasteiger charge is -2.41. The van der Waals surface area contributed by atoms with Crippen LogP contribution in [0.25, 0.3) is 5.65 Å². The number of piperidine rings is 1. The Morgan fingerprint density at radius 3 is 2.50 bits per heavy atom. The van der Waals surface area contributed by atoms with Gasteiger partial charge in [0.15, 0.2) is 5.65 Å². The normalized spacial score (nSPS) is 26.4. The van der Waals surface area contributed by atoms with Crippen LogP contribution in [0.15, 0.2) is 6.07 Å². The lowest BCUT2D eigenvalue weighted by molar-refractivity contribution is -0.182. The maximum Gasteiger partial charge on any atom is 0.391 e. The third kappa shape index (κ3) is 4.38. The van der Waals surface area contributed by atoms with Gasteiger partial charge in [0.25, 0.3) is 0 Å². The Balaban J connectivity index is 1.74. The van der Waals surface area contributed by atoms with Crippen molar-refractivity contribution in [2.75, 3.05) is 18.0 Å². The standard InChI is InChI=1S/C25H35F3N4O2/c1-5-24(23(33)34)11-6-12-31(14-24)22-21(15(2)3)16(4)29-20-13-19(30-32(20)22)17-7-9-18(10-8-17)25(26,27)28/h13,15,17-18H,5-12,14H2,1-4H3,(H,33,34)/t17?,18?,24-/m1/s1. The number of anilines is 1. The number of alkyl halides is 3. The molecule has 1 saturated carbocycles. The van der Waals surface area contributed by atoms with Gasteiger partial charge in [-0.2, -0.15) is 22.8 Å². The molecule has 1 N–H and O–H groups in total. The summed E-state index contributed by atoms with van der Waals surface area (Å²) in [4.78, 5) is 19.1. The minimum atomic E-state index is -4.13. The van der Waals surface area contributed by atoms with Crippen LogP contribution in [0.3, 0.4) is 0 Å². The van der Waals surface area contributed by atoms with Crippen LogP contribution >= 0.6 is 0 Å². The second-order valence-corrected chi connectivity index (χ2v) is 10.5. The summed E-state index contributed by atoms with van der Waals surface area (Å²) < 4.78 is 41.2. The molecule has 0 amide bonds. The summed E-state index contributed by atoms with van der Waals surface area (Å²) in [5.41, 5.74) is 2.58. The van der Waals surface area contributed by atoms with Crippen molar-refractivity contribution in [2.45, 2.75) is 90.7 Å². The molecular formula is C25H35F3N4O2. The number of carboxylic acid groups (broad SMARTS) is 1. The number of nitrogens with zero attached hydrogens (tertiary/aromatic N) is 4. The Kier molecular flexibility index (Phi) is 6.59. The number of carboxylic acids is 1. The summed E-state index contributed by atoms with van der Waals surface area (Å²) in [5.74, 6) is -0.978. The highest BCUT2D eigenvalue weighted by molar-refractivity contribution is 5.76. The number of aryl methyl sites for hydroxylation is 1. The highest BCUT2D eigenvalue weighted by atomic mass is 19.4. The van der Waals surface area contributed by atoms with E-state index in [-0.39, 0.29) is 24.7 Å². The molecule has 2 aromatic rings. The molecule has 6 nitrogen and oxygen atoms in total. The topological polar surface area (TPSA) is 70.7 Å².